The van der Waals surface area contributed by atoms with E-state index in [9.17, 15) is 5.11 Å². The Labute approximate surface area is 161 Å². The molecular formula is C21H42N4O. The van der Waals surface area contributed by atoms with Crippen molar-refractivity contribution in [3.63, 3.8) is 0 Å². The van der Waals surface area contributed by atoms with Crippen molar-refractivity contribution in [3.05, 3.63) is 0 Å². The molecule has 1 aliphatic carbocycles. The van der Waals surface area contributed by atoms with E-state index in [1.54, 1.807) is 0 Å². The van der Waals surface area contributed by atoms with Crippen LogP contribution >= 0.6 is 0 Å². The Morgan fingerprint density at radius 3 is 2.50 bits per heavy atom. The second-order valence-corrected chi connectivity index (χ2v) is 8.42. The van der Waals surface area contributed by atoms with Crippen LogP contribution < -0.4 is 10.6 Å². The zero-order valence-corrected chi connectivity index (χ0v) is 17.4. The summed E-state index contributed by atoms with van der Waals surface area (Å²) >= 11 is 0. The highest BCUT2D eigenvalue weighted by Crippen LogP contribution is 2.30. The molecule has 2 aliphatic rings. The lowest BCUT2D eigenvalue weighted by atomic mass is 9.79. The van der Waals surface area contributed by atoms with E-state index in [-0.39, 0.29) is 12.0 Å². The predicted molar refractivity (Wildman–Crippen MR) is 111 cm³/mol. The number of rotatable bonds is 10. The fourth-order valence-electron chi connectivity index (χ4n) is 4.58. The molecular weight excluding hydrogens is 324 g/mol. The zero-order chi connectivity index (χ0) is 18.8. The monoisotopic (exact) mass is 366 g/mol. The SMILES string of the molecule is CCNC(=NCC(CC)(CC)CCO)NC1CCN(CC2CCCC2)C1. The van der Waals surface area contributed by atoms with Crippen LogP contribution in [0, 0.1) is 11.3 Å². The molecule has 5 heteroatoms. The summed E-state index contributed by atoms with van der Waals surface area (Å²) in [6, 6.07) is 0.504. The highest BCUT2D eigenvalue weighted by molar-refractivity contribution is 5.80. The van der Waals surface area contributed by atoms with E-state index in [2.05, 4.69) is 36.3 Å². The minimum atomic E-state index is 0.126. The van der Waals surface area contributed by atoms with Gasteiger partial charge in [0.2, 0.25) is 0 Å². The molecule has 2 fully saturated rings. The van der Waals surface area contributed by atoms with Gasteiger partial charge in [-0.3, -0.25) is 4.99 Å². The van der Waals surface area contributed by atoms with Crippen LogP contribution in [0.2, 0.25) is 0 Å². The third-order valence-corrected chi connectivity index (χ3v) is 6.66. The molecule has 1 saturated heterocycles. The van der Waals surface area contributed by atoms with Gasteiger partial charge >= 0.3 is 0 Å². The van der Waals surface area contributed by atoms with Crippen molar-refractivity contribution < 1.29 is 5.11 Å². The molecule has 0 amide bonds. The number of hydrogen-bond donors (Lipinski definition) is 3. The van der Waals surface area contributed by atoms with Crippen LogP contribution in [-0.2, 0) is 0 Å². The third kappa shape index (κ3) is 6.41. The molecule has 1 unspecified atom stereocenters. The van der Waals surface area contributed by atoms with Gasteiger partial charge in [-0.1, -0.05) is 26.7 Å². The number of aliphatic hydroxyl groups excluding tert-OH is 1. The summed E-state index contributed by atoms with van der Waals surface area (Å²) in [5.41, 5.74) is 0.126. The average molecular weight is 367 g/mol. The number of aliphatic imine (C=N–C) groups is 1. The maximum absolute atomic E-state index is 9.42. The third-order valence-electron chi connectivity index (χ3n) is 6.66. The van der Waals surface area contributed by atoms with Crippen molar-refractivity contribution in [2.75, 3.05) is 39.3 Å². The van der Waals surface area contributed by atoms with Crippen LogP contribution in [0.25, 0.3) is 0 Å². The van der Waals surface area contributed by atoms with Gasteiger partial charge in [-0.05, 0) is 56.8 Å². The van der Waals surface area contributed by atoms with E-state index in [1.807, 2.05) is 0 Å². The van der Waals surface area contributed by atoms with Gasteiger partial charge in [0.25, 0.3) is 0 Å². The summed E-state index contributed by atoms with van der Waals surface area (Å²) in [4.78, 5) is 7.55. The molecule has 1 atom stereocenters. The number of likely N-dealkylation sites (tertiary alicyclic amines) is 1. The van der Waals surface area contributed by atoms with Gasteiger partial charge in [0.05, 0.1) is 0 Å². The molecule has 0 aromatic carbocycles. The number of nitrogens with one attached hydrogen (secondary N) is 2. The van der Waals surface area contributed by atoms with E-state index in [0.717, 1.165) is 50.8 Å². The van der Waals surface area contributed by atoms with Gasteiger partial charge < -0.3 is 20.6 Å². The molecule has 0 spiro atoms. The van der Waals surface area contributed by atoms with Crippen molar-refractivity contribution in [1.82, 2.24) is 15.5 Å². The van der Waals surface area contributed by atoms with Gasteiger partial charge in [0, 0.05) is 45.4 Å². The number of guanidine groups is 1. The number of hydrogen-bond acceptors (Lipinski definition) is 3. The molecule has 3 N–H and O–H groups in total. The Morgan fingerprint density at radius 1 is 1.15 bits per heavy atom. The highest BCUT2D eigenvalue weighted by atomic mass is 16.3. The fraction of sp³-hybridized carbons (Fsp3) is 0.952. The van der Waals surface area contributed by atoms with Crippen LogP contribution in [0.1, 0.15) is 72.1 Å². The van der Waals surface area contributed by atoms with Crippen molar-refractivity contribution in [1.29, 1.82) is 0 Å². The largest absolute Gasteiger partial charge is 0.396 e. The molecule has 2 rings (SSSR count). The molecule has 5 nitrogen and oxygen atoms in total. The second kappa shape index (κ2) is 11.1. The maximum atomic E-state index is 9.42. The van der Waals surface area contributed by atoms with Gasteiger partial charge in [-0.25, -0.2) is 0 Å². The van der Waals surface area contributed by atoms with Crippen LogP contribution in [0.3, 0.4) is 0 Å². The van der Waals surface area contributed by atoms with Crippen LogP contribution in [0.15, 0.2) is 4.99 Å². The maximum Gasteiger partial charge on any atom is 0.191 e. The summed E-state index contributed by atoms with van der Waals surface area (Å²) < 4.78 is 0. The summed E-state index contributed by atoms with van der Waals surface area (Å²) in [7, 11) is 0. The first-order chi connectivity index (χ1) is 12.6. The van der Waals surface area contributed by atoms with Crippen molar-refractivity contribution in [2.24, 2.45) is 16.3 Å². The van der Waals surface area contributed by atoms with Crippen molar-refractivity contribution in [2.45, 2.75) is 78.2 Å². The Morgan fingerprint density at radius 2 is 1.88 bits per heavy atom. The summed E-state index contributed by atoms with van der Waals surface area (Å²) in [5, 5.41) is 16.5. The Kier molecular flexibility index (Phi) is 9.20. The predicted octanol–water partition coefficient (Wildman–Crippen LogP) is 2.99. The van der Waals surface area contributed by atoms with Gasteiger partial charge in [0.15, 0.2) is 5.96 Å². The summed E-state index contributed by atoms with van der Waals surface area (Å²) in [5.74, 6) is 1.88. The van der Waals surface area contributed by atoms with E-state index >= 15 is 0 Å². The highest BCUT2D eigenvalue weighted by Gasteiger charge is 2.28. The number of nitrogens with zero attached hydrogens (tertiary/aromatic N) is 2. The first kappa shape index (κ1) is 21.5. The van der Waals surface area contributed by atoms with E-state index < -0.39 is 0 Å². The molecule has 152 valence electrons. The molecule has 26 heavy (non-hydrogen) atoms. The first-order valence-electron chi connectivity index (χ1n) is 11.0. The minimum absolute atomic E-state index is 0.126. The summed E-state index contributed by atoms with van der Waals surface area (Å²) in [6.07, 6.45) is 9.89. The van der Waals surface area contributed by atoms with Crippen LogP contribution in [0.5, 0.6) is 0 Å². The van der Waals surface area contributed by atoms with Gasteiger partial charge in [-0.2, -0.15) is 0 Å². The molecule has 0 aromatic heterocycles. The van der Waals surface area contributed by atoms with Crippen molar-refractivity contribution in [3.8, 4) is 0 Å². The lowest BCUT2D eigenvalue weighted by Crippen LogP contribution is -2.45. The molecule has 1 aliphatic heterocycles. The lowest BCUT2D eigenvalue weighted by molar-refractivity contribution is 0.175. The Hall–Kier alpha value is -0.810. The average Bonchev–Trinajstić information content (AvgIpc) is 3.31. The van der Waals surface area contributed by atoms with Crippen molar-refractivity contribution >= 4 is 5.96 Å². The van der Waals surface area contributed by atoms with E-state index in [4.69, 9.17) is 4.99 Å². The van der Waals surface area contributed by atoms with Gasteiger partial charge in [-0.15, -0.1) is 0 Å². The molecule has 0 radical (unpaired) electrons. The molecule has 1 saturated carbocycles. The van der Waals surface area contributed by atoms with E-state index in [0.29, 0.717) is 6.04 Å². The topological polar surface area (TPSA) is 59.9 Å². The quantitative estimate of drug-likeness (QED) is 0.411. The Balaban J connectivity index is 1.86. The lowest BCUT2D eigenvalue weighted by Gasteiger charge is -2.30. The fourth-order valence-corrected chi connectivity index (χ4v) is 4.58. The summed E-state index contributed by atoms with van der Waals surface area (Å²) in [6.45, 7) is 12.1. The van der Waals surface area contributed by atoms with Crippen LogP contribution in [-0.4, -0.2) is 61.3 Å². The molecule has 1 heterocycles. The van der Waals surface area contributed by atoms with Crippen LogP contribution in [0.4, 0.5) is 0 Å². The molecule has 0 aromatic rings. The second-order valence-electron chi connectivity index (χ2n) is 8.42. The molecule has 0 bridgehead atoms. The first-order valence-corrected chi connectivity index (χ1v) is 11.0. The zero-order valence-electron chi connectivity index (χ0n) is 17.4. The van der Waals surface area contributed by atoms with Gasteiger partial charge in [0.1, 0.15) is 0 Å². The number of aliphatic hydroxyl groups is 1. The Bertz CT molecular complexity index is 416. The normalized spacial score (nSPS) is 22.9. The minimum Gasteiger partial charge on any atom is -0.396 e. The standard InChI is InChI=1S/C21H42N4O/c1-4-21(5-2,12-14-26)17-23-20(22-6-3)24-19-11-13-25(16-19)15-18-9-7-8-10-18/h18-19,26H,4-17H2,1-3H3,(H2,22,23,24). The smallest absolute Gasteiger partial charge is 0.191 e. The van der Waals surface area contributed by atoms with E-state index in [1.165, 1.54) is 45.2 Å².